The molecular weight excluding hydrogens is 400 g/mol. The van der Waals surface area contributed by atoms with E-state index < -0.39 is 17.7 Å². The van der Waals surface area contributed by atoms with Crippen molar-refractivity contribution in [1.82, 2.24) is 14.8 Å². The fourth-order valence-electron chi connectivity index (χ4n) is 3.33. The number of carboxylic acids is 1. The Balaban J connectivity index is 1.88. The van der Waals surface area contributed by atoms with Gasteiger partial charge >= 0.3 is 11.9 Å². The fraction of sp³-hybridized carbons (Fsp3) is 0.292. The summed E-state index contributed by atoms with van der Waals surface area (Å²) in [6.07, 6.45) is 6.07. The molecule has 160 valence electrons. The maximum atomic E-state index is 14.3. The zero-order valence-corrected chi connectivity index (χ0v) is 17.2. The Morgan fingerprint density at radius 1 is 1.19 bits per heavy atom. The number of aromatic carboxylic acids is 1. The minimum absolute atomic E-state index is 0.214. The SMILES string of the molecule is C#CCCc1nc(C(F)(F)CCC)nn1Cc1ccc(-c2ccccc2C(=O)O)cc1. The second kappa shape index (κ2) is 9.52. The smallest absolute Gasteiger partial charge is 0.336 e. The van der Waals surface area contributed by atoms with Gasteiger partial charge in [0.15, 0.2) is 0 Å². The number of aryl methyl sites for hydroxylation is 1. The molecule has 0 bridgehead atoms. The Bertz CT molecular complexity index is 1100. The van der Waals surface area contributed by atoms with Crippen LogP contribution < -0.4 is 0 Å². The van der Waals surface area contributed by atoms with E-state index in [1.165, 1.54) is 4.68 Å². The molecule has 0 radical (unpaired) electrons. The van der Waals surface area contributed by atoms with Gasteiger partial charge in [-0.2, -0.15) is 8.78 Å². The Morgan fingerprint density at radius 3 is 2.55 bits per heavy atom. The Kier molecular flexibility index (Phi) is 6.81. The molecule has 1 aromatic heterocycles. The third-order valence-corrected chi connectivity index (χ3v) is 4.89. The zero-order valence-electron chi connectivity index (χ0n) is 17.2. The number of carboxylic acid groups (broad SMARTS) is 1. The van der Waals surface area contributed by atoms with Crippen LogP contribution in [0.3, 0.4) is 0 Å². The summed E-state index contributed by atoms with van der Waals surface area (Å²) < 4.78 is 30.1. The molecular formula is C24H23F2N3O2. The molecule has 0 spiro atoms. The van der Waals surface area contributed by atoms with E-state index in [-0.39, 0.29) is 18.5 Å². The van der Waals surface area contributed by atoms with Crippen molar-refractivity contribution in [2.24, 2.45) is 0 Å². The van der Waals surface area contributed by atoms with Gasteiger partial charge in [-0.25, -0.2) is 14.5 Å². The first kappa shape index (κ1) is 22.2. The molecule has 2 aromatic carbocycles. The second-order valence-corrected chi connectivity index (χ2v) is 7.22. The molecule has 0 aliphatic rings. The number of aromatic nitrogens is 3. The standard InChI is InChI=1S/C24H23F2N3O2/c1-3-5-10-21-27-23(24(25,26)15-4-2)28-29(21)16-17-11-13-18(14-12-17)19-8-6-7-9-20(19)22(30)31/h1,6-9,11-14H,4-5,10,15-16H2,2H3,(H,30,31). The summed E-state index contributed by atoms with van der Waals surface area (Å²) in [5.74, 6) is -1.64. The molecule has 0 aliphatic heterocycles. The highest BCUT2D eigenvalue weighted by atomic mass is 19.3. The average Bonchev–Trinajstić information content (AvgIpc) is 3.16. The predicted octanol–water partition coefficient (Wildman–Crippen LogP) is 5.15. The number of hydrogen-bond donors (Lipinski definition) is 1. The van der Waals surface area contributed by atoms with Gasteiger partial charge < -0.3 is 5.11 Å². The highest BCUT2D eigenvalue weighted by molar-refractivity contribution is 5.95. The van der Waals surface area contributed by atoms with Crippen molar-refractivity contribution in [1.29, 1.82) is 0 Å². The molecule has 0 unspecified atom stereocenters. The summed E-state index contributed by atoms with van der Waals surface area (Å²) in [5, 5.41) is 13.5. The fourth-order valence-corrected chi connectivity index (χ4v) is 3.33. The van der Waals surface area contributed by atoms with Crippen molar-refractivity contribution in [3.05, 3.63) is 71.3 Å². The molecule has 5 nitrogen and oxygen atoms in total. The van der Waals surface area contributed by atoms with Gasteiger partial charge in [0.1, 0.15) is 5.82 Å². The van der Waals surface area contributed by atoms with E-state index in [0.717, 1.165) is 11.1 Å². The van der Waals surface area contributed by atoms with Crippen LogP contribution in [-0.2, 0) is 18.9 Å². The van der Waals surface area contributed by atoms with Crippen LogP contribution in [-0.4, -0.2) is 25.8 Å². The van der Waals surface area contributed by atoms with E-state index in [1.807, 2.05) is 24.3 Å². The third kappa shape index (κ3) is 5.15. The Labute approximate surface area is 179 Å². The summed E-state index contributed by atoms with van der Waals surface area (Å²) >= 11 is 0. The molecule has 3 rings (SSSR count). The lowest BCUT2D eigenvalue weighted by Crippen LogP contribution is -2.15. The lowest BCUT2D eigenvalue weighted by molar-refractivity contribution is -0.0232. The van der Waals surface area contributed by atoms with Crippen LogP contribution in [0.5, 0.6) is 0 Å². The molecule has 3 aromatic rings. The predicted molar refractivity (Wildman–Crippen MR) is 114 cm³/mol. The molecule has 0 amide bonds. The second-order valence-electron chi connectivity index (χ2n) is 7.22. The maximum absolute atomic E-state index is 14.3. The molecule has 0 atom stereocenters. The van der Waals surface area contributed by atoms with Crippen molar-refractivity contribution in [2.75, 3.05) is 0 Å². The summed E-state index contributed by atoms with van der Waals surface area (Å²) in [7, 11) is 0. The normalized spacial score (nSPS) is 11.3. The zero-order chi connectivity index (χ0) is 22.4. The minimum Gasteiger partial charge on any atom is -0.478 e. The highest BCUT2D eigenvalue weighted by Crippen LogP contribution is 2.31. The summed E-state index contributed by atoms with van der Waals surface area (Å²) in [5.41, 5.74) is 2.40. The quantitative estimate of drug-likeness (QED) is 0.484. The van der Waals surface area contributed by atoms with Gasteiger partial charge in [0.2, 0.25) is 5.82 Å². The number of rotatable bonds is 9. The van der Waals surface area contributed by atoms with Crippen molar-refractivity contribution in [3.8, 4) is 23.5 Å². The van der Waals surface area contributed by atoms with Crippen molar-refractivity contribution in [2.45, 2.75) is 45.1 Å². The van der Waals surface area contributed by atoms with Gasteiger partial charge in [-0.15, -0.1) is 17.4 Å². The van der Waals surface area contributed by atoms with Crippen LogP contribution in [0.2, 0.25) is 0 Å². The summed E-state index contributed by atoms with van der Waals surface area (Å²) in [6, 6.07) is 14.0. The molecule has 7 heteroatoms. The summed E-state index contributed by atoms with van der Waals surface area (Å²) in [6.45, 7) is 1.95. The van der Waals surface area contributed by atoms with E-state index in [9.17, 15) is 18.7 Å². The number of hydrogen-bond acceptors (Lipinski definition) is 3. The number of carbonyl (C=O) groups is 1. The summed E-state index contributed by atoms with van der Waals surface area (Å²) in [4.78, 5) is 15.5. The van der Waals surface area contributed by atoms with Gasteiger partial charge in [-0.3, -0.25) is 0 Å². The van der Waals surface area contributed by atoms with Crippen molar-refractivity contribution >= 4 is 5.97 Å². The number of alkyl halides is 2. The largest absolute Gasteiger partial charge is 0.478 e. The van der Waals surface area contributed by atoms with Gasteiger partial charge in [0.25, 0.3) is 0 Å². The minimum atomic E-state index is -3.09. The van der Waals surface area contributed by atoms with Crippen LogP contribution in [0, 0.1) is 12.3 Å². The Morgan fingerprint density at radius 2 is 1.90 bits per heavy atom. The average molecular weight is 423 g/mol. The van der Waals surface area contributed by atoms with E-state index in [2.05, 4.69) is 16.0 Å². The van der Waals surface area contributed by atoms with Gasteiger partial charge in [-0.1, -0.05) is 49.4 Å². The van der Waals surface area contributed by atoms with E-state index in [1.54, 1.807) is 31.2 Å². The van der Waals surface area contributed by atoms with Crippen molar-refractivity contribution < 1.29 is 18.7 Å². The molecule has 1 N–H and O–H groups in total. The first-order chi connectivity index (χ1) is 14.9. The lowest BCUT2D eigenvalue weighted by Gasteiger charge is -2.10. The number of halogens is 2. The van der Waals surface area contributed by atoms with Crippen LogP contribution >= 0.6 is 0 Å². The number of benzene rings is 2. The first-order valence-corrected chi connectivity index (χ1v) is 10.0. The topological polar surface area (TPSA) is 68.0 Å². The van der Waals surface area contributed by atoms with Gasteiger partial charge in [0, 0.05) is 19.3 Å². The van der Waals surface area contributed by atoms with Crippen LogP contribution in [0.1, 0.15) is 53.8 Å². The Hall–Kier alpha value is -3.53. The van der Waals surface area contributed by atoms with Crippen LogP contribution in [0.25, 0.3) is 11.1 Å². The lowest BCUT2D eigenvalue weighted by atomic mass is 9.99. The van der Waals surface area contributed by atoms with E-state index >= 15 is 0 Å². The first-order valence-electron chi connectivity index (χ1n) is 10.0. The number of nitrogens with zero attached hydrogens (tertiary/aromatic N) is 3. The van der Waals surface area contributed by atoms with Crippen LogP contribution in [0.4, 0.5) is 8.78 Å². The van der Waals surface area contributed by atoms with E-state index in [4.69, 9.17) is 6.42 Å². The van der Waals surface area contributed by atoms with Gasteiger partial charge in [-0.05, 0) is 29.2 Å². The molecule has 0 aliphatic carbocycles. The maximum Gasteiger partial charge on any atom is 0.336 e. The molecule has 1 heterocycles. The number of terminal acetylenes is 1. The molecule has 0 saturated carbocycles. The molecule has 0 fully saturated rings. The van der Waals surface area contributed by atoms with Gasteiger partial charge in [0.05, 0.1) is 12.1 Å². The van der Waals surface area contributed by atoms with Crippen molar-refractivity contribution in [3.63, 3.8) is 0 Å². The molecule has 31 heavy (non-hydrogen) atoms. The highest BCUT2D eigenvalue weighted by Gasteiger charge is 2.36. The molecule has 0 saturated heterocycles. The third-order valence-electron chi connectivity index (χ3n) is 4.89. The monoisotopic (exact) mass is 423 g/mol. The van der Waals surface area contributed by atoms with E-state index in [0.29, 0.717) is 30.7 Å². The van der Waals surface area contributed by atoms with Crippen LogP contribution in [0.15, 0.2) is 48.5 Å².